The molecule has 0 spiro atoms. The average molecular weight is 481 g/mol. The number of benzene rings is 2. The van der Waals surface area contributed by atoms with Crippen molar-refractivity contribution in [1.82, 2.24) is 5.43 Å². The van der Waals surface area contributed by atoms with E-state index in [-0.39, 0.29) is 12.1 Å². The van der Waals surface area contributed by atoms with Crippen LogP contribution < -0.4 is 25.5 Å². The number of anilines is 2. The maximum absolute atomic E-state index is 12.3. The Morgan fingerprint density at radius 1 is 0.938 bits per heavy atom. The number of carbonyl (C=O) groups excluding carboxylic acids is 3. The van der Waals surface area contributed by atoms with Gasteiger partial charge in [-0.1, -0.05) is 29.3 Å². The first-order valence-corrected chi connectivity index (χ1v) is 10.0. The molecule has 170 valence electrons. The Balaban J connectivity index is 1.96. The summed E-state index contributed by atoms with van der Waals surface area (Å²) in [5.41, 5.74) is 3.77. The second kappa shape index (κ2) is 11.4. The number of rotatable bonds is 7. The predicted octanol–water partition coefficient (Wildman–Crippen LogP) is 3.78. The van der Waals surface area contributed by atoms with Crippen LogP contribution in [0.3, 0.4) is 0 Å². The first-order chi connectivity index (χ1) is 15.2. The van der Waals surface area contributed by atoms with Crippen LogP contribution in [0, 0.1) is 6.92 Å². The molecule has 2 rings (SSSR count). The lowest BCUT2D eigenvalue weighted by Gasteiger charge is -2.13. The van der Waals surface area contributed by atoms with Gasteiger partial charge in [0.2, 0.25) is 5.91 Å². The van der Waals surface area contributed by atoms with Crippen LogP contribution in [0.5, 0.6) is 11.5 Å². The van der Waals surface area contributed by atoms with Crippen LogP contribution in [0.4, 0.5) is 11.4 Å². The Hall–Kier alpha value is -3.30. The Morgan fingerprint density at radius 2 is 1.62 bits per heavy atom. The highest BCUT2D eigenvalue weighted by molar-refractivity contribution is 6.40. The van der Waals surface area contributed by atoms with Crippen LogP contribution in [0.2, 0.25) is 10.0 Å². The molecule has 0 aromatic heterocycles. The Labute approximate surface area is 195 Å². The van der Waals surface area contributed by atoms with Crippen LogP contribution in [-0.4, -0.2) is 37.7 Å². The first-order valence-electron chi connectivity index (χ1n) is 9.27. The molecule has 0 aliphatic carbocycles. The molecule has 0 atom stereocenters. The van der Waals surface area contributed by atoms with Crippen molar-refractivity contribution in [2.45, 2.75) is 20.3 Å². The fraction of sp³-hybridized carbons (Fsp3) is 0.238. The first kappa shape index (κ1) is 25.0. The molecule has 0 bridgehead atoms. The van der Waals surface area contributed by atoms with E-state index in [0.29, 0.717) is 38.5 Å². The average Bonchev–Trinajstić information content (AvgIpc) is 2.75. The summed E-state index contributed by atoms with van der Waals surface area (Å²) in [5.74, 6) is -1.63. The Kier molecular flexibility index (Phi) is 8.86. The molecule has 9 nitrogen and oxygen atoms in total. The number of carbonyl (C=O) groups is 3. The van der Waals surface area contributed by atoms with Gasteiger partial charge in [0.25, 0.3) is 0 Å². The van der Waals surface area contributed by atoms with Gasteiger partial charge in [0, 0.05) is 28.6 Å². The summed E-state index contributed by atoms with van der Waals surface area (Å²) in [7, 11) is 2.88. The number of nitrogens with one attached hydrogen (secondary N) is 3. The number of hydrogen-bond acceptors (Lipinski definition) is 6. The van der Waals surface area contributed by atoms with Crippen LogP contribution in [-0.2, 0) is 14.4 Å². The molecule has 0 radical (unpaired) electrons. The number of hydrazone groups is 1. The summed E-state index contributed by atoms with van der Waals surface area (Å²) in [6, 6.07) is 7.97. The quantitative estimate of drug-likeness (QED) is 0.316. The lowest BCUT2D eigenvalue weighted by molar-refractivity contribution is -0.136. The third kappa shape index (κ3) is 6.60. The molecule has 0 heterocycles. The molecule has 3 N–H and O–H groups in total. The monoisotopic (exact) mass is 480 g/mol. The van der Waals surface area contributed by atoms with Crippen molar-refractivity contribution in [3.63, 3.8) is 0 Å². The topological polar surface area (TPSA) is 118 Å². The van der Waals surface area contributed by atoms with Crippen LogP contribution in [0.25, 0.3) is 0 Å². The van der Waals surface area contributed by atoms with Gasteiger partial charge >= 0.3 is 11.8 Å². The summed E-state index contributed by atoms with van der Waals surface area (Å²) in [5, 5.41) is 9.69. The third-order valence-electron chi connectivity index (χ3n) is 4.23. The molecule has 0 saturated heterocycles. The molecule has 11 heteroatoms. The number of ether oxygens (including phenoxy) is 2. The molecule has 32 heavy (non-hydrogen) atoms. The minimum atomic E-state index is -0.992. The number of nitrogens with zero attached hydrogens (tertiary/aromatic N) is 1. The van der Waals surface area contributed by atoms with Crippen molar-refractivity contribution in [3.8, 4) is 11.5 Å². The summed E-state index contributed by atoms with van der Waals surface area (Å²) >= 11 is 12.0. The summed E-state index contributed by atoms with van der Waals surface area (Å²) in [6.45, 7) is 3.24. The van der Waals surface area contributed by atoms with Gasteiger partial charge in [0.1, 0.15) is 11.5 Å². The van der Waals surface area contributed by atoms with Crippen LogP contribution in [0.15, 0.2) is 35.4 Å². The van der Waals surface area contributed by atoms with Gasteiger partial charge in [0.05, 0.1) is 31.4 Å². The maximum atomic E-state index is 12.3. The molecule has 2 aromatic carbocycles. The third-order valence-corrected chi connectivity index (χ3v) is 4.94. The standard InChI is InChI=1S/C21H22Cl2N4O5/c1-11(8-19(28)24-16-10-17(31-3)14(23)9-18(16)32-4)26-27-21(30)20(29)25-15-7-5-6-13(22)12(15)2/h5-7,9-10H,8H2,1-4H3,(H,24,28)(H,25,29)(H,27,30)/b26-11+. The molecule has 3 amide bonds. The Morgan fingerprint density at radius 3 is 2.28 bits per heavy atom. The summed E-state index contributed by atoms with van der Waals surface area (Å²) < 4.78 is 10.3. The van der Waals surface area contributed by atoms with Crippen LogP contribution in [0.1, 0.15) is 18.9 Å². The number of methoxy groups -OCH3 is 2. The molecule has 0 unspecified atom stereocenters. The molecule has 0 aliphatic heterocycles. The van der Waals surface area contributed by atoms with Crippen molar-refractivity contribution in [2.75, 3.05) is 24.9 Å². The van der Waals surface area contributed by atoms with Crippen molar-refractivity contribution >= 4 is 58.0 Å². The zero-order chi connectivity index (χ0) is 23.8. The van der Waals surface area contributed by atoms with Crippen molar-refractivity contribution in [2.24, 2.45) is 5.10 Å². The van der Waals surface area contributed by atoms with Gasteiger partial charge in [-0.3, -0.25) is 14.4 Å². The van der Waals surface area contributed by atoms with Crippen molar-refractivity contribution < 1.29 is 23.9 Å². The molecule has 0 aliphatic rings. The van der Waals surface area contributed by atoms with E-state index in [1.807, 2.05) is 0 Å². The number of amides is 3. The van der Waals surface area contributed by atoms with Gasteiger partial charge in [-0.15, -0.1) is 0 Å². The van der Waals surface area contributed by atoms with Gasteiger partial charge in [-0.2, -0.15) is 5.10 Å². The minimum absolute atomic E-state index is 0.149. The second-order valence-corrected chi connectivity index (χ2v) is 7.38. The molecular weight excluding hydrogens is 459 g/mol. The smallest absolute Gasteiger partial charge is 0.329 e. The summed E-state index contributed by atoms with van der Waals surface area (Å²) in [4.78, 5) is 36.4. The predicted molar refractivity (Wildman–Crippen MR) is 124 cm³/mol. The van der Waals surface area contributed by atoms with Gasteiger partial charge in [-0.25, -0.2) is 5.43 Å². The molecule has 2 aromatic rings. The van der Waals surface area contributed by atoms with Crippen molar-refractivity contribution in [1.29, 1.82) is 0 Å². The van der Waals surface area contributed by atoms with E-state index in [4.69, 9.17) is 32.7 Å². The van der Waals surface area contributed by atoms with E-state index in [1.54, 1.807) is 25.1 Å². The number of hydrogen-bond donors (Lipinski definition) is 3. The minimum Gasteiger partial charge on any atom is -0.495 e. The van der Waals surface area contributed by atoms with Gasteiger partial charge < -0.3 is 20.1 Å². The van der Waals surface area contributed by atoms with Crippen molar-refractivity contribution in [3.05, 3.63) is 45.9 Å². The highest BCUT2D eigenvalue weighted by atomic mass is 35.5. The second-order valence-electron chi connectivity index (χ2n) is 6.57. The molecular formula is C21H22Cl2N4O5. The van der Waals surface area contributed by atoms with Gasteiger partial charge in [0.15, 0.2) is 0 Å². The van der Waals surface area contributed by atoms with E-state index in [1.165, 1.54) is 33.3 Å². The van der Waals surface area contributed by atoms with E-state index >= 15 is 0 Å². The maximum Gasteiger partial charge on any atom is 0.329 e. The lowest BCUT2D eigenvalue weighted by atomic mass is 10.2. The van der Waals surface area contributed by atoms with E-state index in [9.17, 15) is 14.4 Å². The van der Waals surface area contributed by atoms with Crippen LogP contribution >= 0.6 is 23.2 Å². The highest BCUT2D eigenvalue weighted by Gasteiger charge is 2.16. The molecule has 0 fully saturated rings. The molecule has 0 saturated carbocycles. The fourth-order valence-corrected chi connectivity index (χ4v) is 2.95. The fourth-order valence-electron chi connectivity index (χ4n) is 2.54. The van der Waals surface area contributed by atoms with E-state index < -0.39 is 17.7 Å². The number of halogens is 2. The Bertz CT molecular complexity index is 1070. The normalized spacial score (nSPS) is 10.9. The lowest BCUT2D eigenvalue weighted by Crippen LogP contribution is -2.33. The largest absolute Gasteiger partial charge is 0.495 e. The zero-order valence-corrected chi connectivity index (χ0v) is 19.4. The summed E-state index contributed by atoms with van der Waals surface area (Å²) in [6.07, 6.45) is -0.149. The highest BCUT2D eigenvalue weighted by Crippen LogP contribution is 2.35. The SMILES string of the molecule is COc1cc(NC(=O)C/C(C)=N/NC(=O)C(=O)Nc2cccc(Cl)c2C)c(OC)cc1Cl. The van der Waals surface area contributed by atoms with E-state index in [0.717, 1.165) is 0 Å². The van der Waals surface area contributed by atoms with E-state index in [2.05, 4.69) is 21.2 Å². The zero-order valence-electron chi connectivity index (χ0n) is 17.8. The van der Waals surface area contributed by atoms with Gasteiger partial charge in [-0.05, 0) is 31.5 Å².